The third-order valence-electron chi connectivity index (χ3n) is 11.1. The number of aromatic nitrogens is 1. The van der Waals surface area contributed by atoms with E-state index >= 15 is 0 Å². The maximum Gasteiger partial charge on any atom is 0.251 e. The number of allylic oxidation sites excluding steroid dienone is 6. The molecule has 55 heavy (non-hydrogen) atoms. The molecule has 0 aliphatic heterocycles. The lowest BCUT2D eigenvalue weighted by atomic mass is 9.96. The van der Waals surface area contributed by atoms with Crippen molar-refractivity contribution in [1.29, 1.82) is 0 Å². The predicted octanol–water partition coefficient (Wildman–Crippen LogP) is 15.8. The van der Waals surface area contributed by atoms with Crippen molar-refractivity contribution in [2.45, 2.75) is 159 Å². The first-order valence-electron chi connectivity index (χ1n) is 21.3. The molecule has 0 spiro atoms. The molecular weight excluding hydrogens is 667 g/mol. The molecule has 2 aliphatic carbocycles. The van der Waals surface area contributed by atoms with Gasteiger partial charge in [0.25, 0.3) is 5.56 Å². The lowest BCUT2D eigenvalue weighted by Crippen LogP contribution is -2.20. The maximum atomic E-state index is 11.5. The predicted molar refractivity (Wildman–Crippen MR) is 244 cm³/mol. The summed E-state index contributed by atoms with van der Waals surface area (Å²) in [7, 11) is 0. The van der Waals surface area contributed by atoms with E-state index in [2.05, 4.69) is 170 Å². The van der Waals surface area contributed by atoms with Crippen LogP contribution in [0.25, 0.3) is 10.8 Å². The van der Waals surface area contributed by atoms with Crippen LogP contribution in [0.5, 0.6) is 0 Å². The lowest BCUT2D eigenvalue weighted by molar-refractivity contribution is 0.575. The van der Waals surface area contributed by atoms with Gasteiger partial charge < -0.3 is 4.57 Å². The summed E-state index contributed by atoms with van der Waals surface area (Å²) in [5.74, 6) is 4.36. The molecule has 0 atom stereocenters. The SMILES string of the molecule is CC(C)C1=CC2=C(C=C(C(C)C)C2)C1.CC(C)c1ccc(C(C)C)cc1.CC(C)c1ccc2cc(C(C)C)ccc2c1.CC(C)c1ccn(C(C)C)c(=O)c1. The molecule has 0 saturated heterocycles. The monoisotopic (exact) mass is 742 g/mol. The minimum atomic E-state index is 0.0983. The highest BCUT2D eigenvalue weighted by Gasteiger charge is 2.23. The van der Waals surface area contributed by atoms with Crippen molar-refractivity contribution in [3.63, 3.8) is 0 Å². The van der Waals surface area contributed by atoms with Crippen molar-refractivity contribution in [3.05, 3.63) is 152 Å². The first-order valence-corrected chi connectivity index (χ1v) is 21.3. The Kier molecular flexibility index (Phi) is 17.2. The second kappa shape index (κ2) is 20.8. The van der Waals surface area contributed by atoms with Crippen LogP contribution in [0.4, 0.5) is 0 Å². The second-order valence-corrected chi connectivity index (χ2v) is 18.3. The topological polar surface area (TPSA) is 22.0 Å². The van der Waals surface area contributed by atoms with Gasteiger partial charge in [0.2, 0.25) is 0 Å². The third kappa shape index (κ3) is 13.4. The highest BCUT2D eigenvalue weighted by atomic mass is 16.1. The van der Waals surface area contributed by atoms with Crippen LogP contribution < -0.4 is 5.56 Å². The highest BCUT2D eigenvalue weighted by molar-refractivity contribution is 5.84. The fourth-order valence-electron chi connectivity index (χ4n) is 6.80. The quantitative estimate of drug-likeness (QED) is 0.176. The van der Waals surface area contributed by atoms with Gasteiger partial charge in [-0.15, -0.1) is 0 Å². The van der Waals surface area contributed by atoms with Crippen LogP contribution in [0, 0.1) is 11.8 Å². The van der Waals surface area contributed by atoms with Crippen LogP contribution in [0.1, 0.15) is 187 Å². The van der Waals surface area contributed by atoms with Crippen LogP contribution >= 0.6 is 0 Å². The summed E-state index contributed by atoms with van der Waals surface area (Å²) >= 11 is 0. The Labute approximate surface area is 336 Å². The van der Waals surface area contributed by atoms with Crippen LogP contribution in [0.15, 0.2) is 118 Å². The van der Waals surface area contributed by atoms with Gasteiger partial charge in [-0.3, -0.25) is 4.79 Å². The van der Waals surface area contributed by atoms with Gasteiger partial charge in [-0.25, -0.2) is 0 Å². The molecule has 3 aromatic carbocycles. The summed E-state index contributed by atoms with van der Waals surface area (Å²) in [6.45, 7) is 35.2. The Morgan fingerprint density at radius 3 is 1.02 bits per heavy atom. The zero-order valence-electron chi connectivity index (χ0n) is 37.5. The van der Waals surface area contributed by atoms with E-state index in [0.717, 1.165) is 17.4 Å². The third-order valence-corrected chi connectivity index (χ3v) is 11.1. The summed E-state index contributed by atoms with van der Waals surface area (Å²) in [5.41, 5.74) is 13.3. The maximum absolute atomic E-state index is 11.5. The molecule has 2 heteroatoms. The highest BCUT2D eigenvalue weighted by Crippen LogP contribution is 2.40. The fraction of sp³-hybridized carbons (Fsp3) is 0.491. The molecule has 0 bridgehead atoms. The van der Waals surface area contributed by atoms with Gasteiger partial charge in [-0.05, 0) is 124 Å². The minimum absolute atomic E-state index is 0.0983. The molecule has 0 fully saturated rings. The van der Waals surface area contributed by atoms with E-state index in [9.17, 15) is 4.79 Å². The molecule has 0 radical (unpaired) electrons. The molecular formula is C53H75NO. The van der Waals surface area contributed by atoms with E-state index in [1.54, 1.807) is 32.9 Å². The molecule has 0 saturated carbocycles. The first kappa shape index (κ1) is 45.5. The Balaban J connectivity index is 0.000000198. The van der Waals surface area contributed by atoms with E-state index in [1.807, 2.05) is 26.1 Å². The number of hydrogen-bond acceptors (Lipinski definition) is 1. The minimum Gasteiger partial charge on any atom is -0.313 e. The van der Waals surface area contributed by atoms with Crippen molar-refractivity contribution < 1.29 is 0 Å². The van der Waals surface area contributed by atoms with Gasteiger partial charge >= 0.3 is 0 Å². The van der Waals surface area contributed by atoms with E-state index < -0.39 is 0 Å². The van der Waals surface area contributed by atoms with Crippen molar-refractivity contribution in [2.24, 2.45) is 11.8 Å². The fourth-order valence-corrected chi connectivity index (χ4v) is 6.80. The lowest BCUT2D eigenvalue weighted by Gasteiger charge is -2.11. The number of nitrogens with zero attached hydrogens (tertiary/aromatic N) is 1. The largest absolute Gasteiger partial charge is 0.313 e. The Hall–Kier alpha value is -3.91. The van der Waals surface area contributed by atoms with E-state index in [-0.39, 0.29) is 11.6 Å². The van der Waals surface area contributed by atoms with Crippen molar-refractivity contribution in [3.8, 4) is 0 Å². The zero-order valence-corrected chi connectivity index (χ0v) is 37.5. The molecule has 2 aliphatic rings. The van der Waals surface area contributed by atoms with Crippen LogP contribution in [0.2, 0.25) is 0 Å². The van der Waals surface area contributed by atoms with Crippen molar-refractivity contribution in [1.82, 2.24) is 4.57 Å². The number of fused-ring (bicyclic) bond motifs is 1. The van der Waals surface area contributed by atoms with Gasteiger partial charge in [0, 0.05) is 18.3 Å². The Morgan fingerprint density at radius 2 is 0.727 bits per heavy atom. The molecule has 0 unspecified atom stereocenters. The molecule has 1 heterocycles. The van der Waals surface area contributed by atoms with E-state index in [4.69, 9.17) is 0 Å². The smallest absolute Gasteiger partial charge is 0.251 e. The molecule has 0 amide bonds. The summed E-state index contributed by atoms with van der Waals surface area (Å²) in [5, 5.41) is 2.71. The standard InChI is InChI=1S/C16H20.C14H20.C12H18.C11H17NO/c1-11(2)13-5-7-16-10-14(12(3)4)6-8-15(16)9-13;1-9(2)11-5-13-7-12(10(3)4)8-14(13)6-11;1-9(2)11-5-7-12(8-6-11)10(3)4;1-8(2)10-5-6-12(9(3)4)11(13)7-10/h5-12H,1-4H3;5,8-10H,6-7H2,1-4H3;5-10H,1-4H3;5-9H,1-4H3. The molecule has 298 valence electrons. The van der Waals surface area contributed by atoms with Crippen LogP contribution in [-0.4, -0.2) is 4.57 Å². The van der Waals surface area contributed by atoms with Crippen molar-refractivity contribution in [2.75, 3.05) is 0 Å². The average molecular weight is 742 g/mol. The summed E-state index contributed by atoms with van der Waals surface area (Å²) in [6, 6.07) is 26.5. The van der Waals surface area contributed by atoms with E-state index in [0.29, 0.717) is 29.6 Å². The van der Waals surface area contributed by atoms with Gasteiger partial charge in [0.05, 0.1) is 0 Å². The van der Waals surface area contributed by atoms with E-state index in [1.165, 1.54) is 45.9 Å². The van der Waals surface area contributed by atoms with Crippen LogP contribution in [0.3, 0.4) is 0 Å². The summed E-state index contributed by atoms with van der Waals surface area (Å²) in [6.07, 6.45) is 9.17. The van der Waals surface area contributed by atoms with Gasteiger partial charge in [0.15, 0.2) is 0 Å². The Morgan fingerprint density at radius 1 is 0.400 bits per heavy atom. The van der Waals surface area contributed by atoms with Gasteiger partial charge in [-0.2, -0.15) is 0 Å². The average Bonchev–Trinajstić information content (AvgIpc) is 3.73. The molecule has 2 nitrogen and oxygen atoms in total. The molecule has 6 rings (SSSR count). The number of benzene rings is 3. The molecule has 4 aromatic rings. The number of hydrogen-bond donors (Lipinski definition) is 0. The first-order chi connectivity index (χ1) is 25.8. The normalized spacial score (nSPS) is 13.7. The zero-order chi connectivity index (χ0) is 41.1. The summed E-state index contributed by atoms with van der Waals surface area (Å²) in [4.78, 5) is 11.5. The molecule has 0 N–H and O–H groups in total. The van der Waals surface area contributed by atoms with Gasteiger partial charge in [0.1, 0.15) is 0 Å². The summed E-state index contributed by atoms with van der Waals surface area (Å²) < 4.78 is 1.74. The number of rotatable bonds is 8. The molecule has 1 aromatic heterocycles. The van der Waals surface area contributed by atoms with Crippen molar-refractivity contribution >= 4 is 10.8 Å². The Bertz CT molecular complexity index is 1860. The second-order valence-electron chi connectivity index (χ2n) is 18.3. The van der Waals surface area contributed by atoms with Gasteiger partial charge in [-0.1, -0.05) is 181 Å². The van der Waals surface area contributed by atoms with Crippen LogP contribution in [-0.2, 0) is 0 Å². The number of pyridine rings is 1.